The number of anilines is 1. The van der Waals surface area contributed by atoms with E-state index in [2.05, 4.69) is 15.6 Å². The van der Waals surface area contributed by atoms with Gasteiger partial charge in [0.1, 0.15) is 17.4 Å². The van der Waals surface area contributed by atoms with Crippen LogP contribution in [-0.2, 0) is 6.54 Å². The summed E-state index contributed by atoms with van der Waals surface area (Å²) < 4.78 is 18.4. The fourth-order valence-electron chi connectivity index (χ4n) is 1.93. The highest BCUT2D eigenvalue weighted by atomic mass is 19.1. The van der Waals surface area contributed by atoms with E-state index in [-0.39, 0.29) is 12.1 Å². The molecule has 0 fully saturated rings. The number of pyridine rings is 1. The van der Waals surface area contributed by atoms with Crippen LogP contribution in [0.25, 0.3) is 0 Å². The van der Waals surface area contributed by atoms with E-state index in [0.29, 0.717) is 11.6 Å². The summed E-state index contributed by atoms with van der Waals surface area (Å²) in [5, 5.41) is 5.49. The summed E-state index contributed by atoms with van der Waals surface area (Å²) in [4.78, 5) is 16.0. The van der Waals surface area contributed by atoms with Gasteiger partial charge in [0.25, 0.3) is 5.91 Å². The Hall–Kier alpha value is -2.63. The minimum absolute atomic E-state index is 0.160. The first-order valence-corrected chi connectivity index (χ1v) is 6.39. The van der Waals surface area contributed by atoms with Gasteiger partial charge in [0.2, 0.25) is 0 Å². The molecule has 6 heteroatoms. The van der Waals surface area contributed by atoms with Gasteiger partial charge in [-0.25, -0.2) is 9.37 Å². The first-order chi connectivity index (χ1) is 10.2. The van der Waals surface area contributed by atoms with Gasteiger partial charge in [-0.3, -0.25) is 4.79 Å². The van der Waals surface area contributed by atoms with Crippen molar-refractivity contribution in [1.29, 1.82) is 0 Å². The number of halogens is 1. The Morgan fingerprint density at radius 2 is 2.14 bits per heavy atom. The standard InChI is InChI=1S/C15H16FN3O2/c1-17-14-12(7-11(16)9-18-14)15(20)19-8-10-5-3-4-6-13(10)21-2/h3-7,9H,8H2,1-2H3,(H,17,18)(H,19,20). The smallest absolute Gasteiger partial charge is 0.255 e. The molecule has 0 bridgehead atoms. The molecule has 0 spiro atoms. The Bertz CT molecular complexity index is 647. The number of methoxy groups -OCH3 is 1. The lowest BCUT2D eigenvalue weighted by atomic mass is 10.2. The van der Waals surface area contributed by atoms with E-state index in [0.717, 1.165) is 17.8 Å². The molecule has 1 heterocycles. The maximum atomic E-state index is 13.2. The Morgan fingerprint density at radius 1 is 1.38 bits per heavy atom. The van der Waals surface area contributed by atoms with Crippen molar-refractivity contribution in [2.45, 2.75) is 6.54 Å². The number of benzene rings is 1. The second-order valence-electron chi connectivity index (χ2n) is 4.29. The van der Waals surface area contributed by atoms with Gasteiger partial charge >= 0.3 is 0 Å². The SMILES string of the molecule is CNc1ncc(F)cc1C(=O)NCc1ccccc1OC. The molecule has 1 aromatic carbocycles. The maximum Gasteiger partial charge on any atom is 0.255 e. The molecule has 2 N–H and O–H groups in total. The Labute approximate surface area is 122 Å². The summed E-state index contributed by atoms with van der Waals surface area (Å²) >= 11 is 0. The molecular weight excluding hydrogens is 273 g/mol. The van der Waals surface area contributed by atoms with Crippen LogP contribution in [0, 0.1) is 5.82 Å². The molecule has 0 aliphatic rings. The van der Waals surface area contributed by atoms with Crippen molar-refractivity contribution in [3.05, 3.63) is 53.5 Å². The summed E-state index contributed by atoms with van der Waals surface area (Å²) in [6.07, 6.45) is 1.06. The van der Waals surface area contributed by atoms with Gasteiger partial charge < -0.3 is 15.4 Å². The zero-order chi connectivity index (χ0) is 15.2. The lowest BCUT2D eigenvalue weighted by Crippen LogP contribution is -2.24. The number of ether oxygens (including phenoxy) is 1. The molecule has 21 heavy (non-hydrogen) atoms. The molecule has 0 unspecified atom stereocenters. The summed E-state index contributed by atoms with van der Waals surface area (Å²) in [5.74, 6) is 0.0478. The number of carbonyl (C=O) groups is 1. The summed E-state index contributed by atoms with van der Waals surface area (Å²) in [5.41, 5.74) is 0.996. The summed E-state index contributed by atoms with van der Waals surface area (Å²) in [6, 6.07) is 8.51. The fraction of sp³-hybridized carbons (Fsp3) is 0.200. The average molecular weight is 289 g/mol. The second kappa shape index (κ2) is 6.69. The van der Waals surface area contributed by atoms with Gasteiger partial charge in [-0.15, -0.1) is 0 Å². The Balaban J connectivity index is 2.13. The highest BCUT2D eigenvalue weighted by Crippen LogP contribution is 2.18. The van der Waals surface area contributed by atoms with E-state index in [4.69, 9.17) is 4.74 Å². The lowest BCUT2D eigenvalue weighted by molar-refractivity contribution is 0.0950. The molecule has 0 aliphatic heterocycles. The van der Waals surface area contributed by atoms with Crippen molar-refractivity contribution in [1.82, 2.24) is 10.3 Å². The van der Waals surface area contributed by atoms with Crippen LogP contribution in [0.3, 0.4) is 0 Å². The number of nitrogens with zero attached hydrogens (tertiary/aromatic N) is 1. The topological polar surface area (TPSA) is 63.2 Å². The predicted octanol–water partition coefficient (Wildman–Crippen LogP) is 2.20. The van der Waals surface area contributed by atoms with Crippen LogP contribution >= 0.6 is 0 Å². The normalized spacial score (nSPS) is 10.0. The van der Waals surface area contributed by atoms with Gasteiger partial charge in [-0.05, 0) is 12.1 Å². The number of aromatic nitrogens is 1. The molecule has 1 amide bonds. The molecule has 0 radical (unpaired) electrons. The van der Waals surface area contributed by atoms with Crippen LogP contribution in [0.4, 0.5) is 10.2 Å². The van der Waals surface area contributed by atoms with Crippen molar-refractivity contribution in [3.8, 4) is 5.75 Å². The van der Waals surface area contributed by atoms with Crippen LogP contribution in [0.2, 0.25) is 0 Å². The Morgan fingerprint density at radius 3 is 2.86 bits per heavy atom. The van der Waals surface area contributed by atoms with E-state index < -0.39 is 11.7 Å². The average Bonchev–Trinajstić information content (AvgIpc) is 2.52. The Kier molecular flexibility index (Phi) is 4.71. The van der Waals surface area contributed by atoms with E-state index in [1.807, 2.05) is 24.3 Å². The second-order valence-corrected chi connectivity index (χ2v) is 4.29. The van der Waals surface area contributed by atoms with Crippen molar-refractivity contribution in [3.63, 3.8) is 0 Å². The number of amides is 1. The van der Waals surface area contributed by atoms with Gasteiger partial charge in [-0.1, -0.05) is 18.2 Å². The minimum Gasteiger partial charge on any atom is -0.496 e. The molecule has 0 atom stereocenters. The maximum absolute atomic E-state index is 13.2. The zero-order valence-electron chi connectivity index (χ0n) is 11.8. The van der Waals surface area contributed by atoms with E-state index in [9.17, 15) is 9.18 Å². The molecule has 0 saturated carbocycles. The van der Waals surface area contributed by atoms with E-state index in [1.54, 1.807) is 14.2 Å². The molecule has 2 rings (SSSR count). The lowest BCUT2D eigenvalue weighted by Gasteiger charge is -2.11. The number of rotatable bonds is 5. The van der Waals surface area contributed by atoms with Crippen molar-refractivity contribution < 1.29 is 13.9 Å². The fourth-order valence-corrected chi connectivity index (χ4v) is 1.93. The highest BCUT2D eigenvalue weighted by molar-refractivity contribution is 5.98. The van der Waals surface area contributed by atoms with Crippen LogP contribution < -0.4 is 15.4 Å². The van der Waals surface area contributed by atoms with Crippen molar-refractivity contribution >= 4 is 11.7 Å². The predicted molar refractivity (Wildman–Crippen MR) is 77.9 cm³/mol. The van der Waals surface area contributed by atoms with Crippen molar-refractivity contribution in [2.24, 2.45) is 0 Å². The summed E-state index contributed by atoms with van der Waals surface area (Å²) in [7, 11) is 3.19. The third-order valence-electron chi connectivity index (χ3n) is 2.97. The molecule has 1 aromatic heterocycles. The number of para-hydroxylation sites is 1. The molecule has 110 valence electrons. The highest BCUT2D eigenvalue weighted by Gasteiger charge is 2.13. The molecule has 0 saturated heterocycles. The zero-order valence-corrected chi connectivity index (χ0v) is 11.8. The minimum atomic E-state index is -0.559. The summed E-state index contributed by atoms with van der Waals surface area (Å²) in [6.45, 7) is 0.280. The van der Waals surface area contributed by atoms with Crippen LogP contribution in [-0.4, -0.2) is 25.0 Å². The number of carbonyl (C=O) groups excluding carboxylic acids is 1. The first-order valence-electron chi connectivity index (χ1n) is 6.39. The third kappa shape index (κ3) is 3.47. The largest absolute Gasteiger partial charge is 0.496 e. The number of nitrogens with one attached hydrogen (secondary N) is 2. The van der Waals surface area contributed by atoms with Gasteiger partial charge in [0, 0.05) is 19.2 Å². The third-order valence-corrected chi connectivity index (χ3v) is 2.97. The van der Waals surface area contributed by atoms with Crippen molar-refractivity contribution in [2.75, 3.05) is 19.5 Å². The van der Waals surface area contributed by atoms with E-state index in [1.165, 1.54) is 0 Å². The molecule has 2 aromatic rings. The van der Waals surface area contributed by atoms with Crippen LogP contribution in [0.5, 0.6) is 5.75 Å². The molecule has 0 aliphatic carbocycles. The molecular formula is C15H16FN3O2. The van der Waals surface area contributed by atoms with Gasteiger partial charge in [-0.2, -0.15) is 0 Å². The first kappa shape index (κ1) is 14.8. The van der Waals surface area contributed by atoms with Crippen LogP contribution in [0.15, 0.2) is 36.5 Å². The number of hydrogen-bond acceptors (Lipinski definition) is 4. The van der Waals surface area contributed by atoms with Gasteiger partial charge in [0.05, 0.1) is 18.9 Å². The molecule has 5 nitrogen and oxygen atoms in total. The van der Waals surface area contributed by atoms with Crippen LogP contribution in [0.1, 0.15) is 15.9 Å². The van der Waals surface area contributed by atoms with E-state index >= 15 is 0 Å². The van der Waals surface area contributed by atoms with Gasteiger partial charge in [0.15, 0.2) is 0 Å². The quantitative estimate of drug-likeness (QED) is 0.885. The number of hydrogen-bond donors (Lipinski definition) is 2. The monoisotopic (exact) mass is 289 g/mol.